The van der Waals surface area contributed by atoms with E-state index in [9.17, 15) is 13.2 Å². The minimum Gasteiger partial charge on any atom is -0.406 e. The van der Waals surface area contributed by atoms with Crippen LogP contribution in [0.5, 0.6) is 5.75 Å². The van der Waals surface area contributed by atoms with Crippen molar-refractivity contribution in [3.8, 4) is 11.7 Å². The zero-order valence-corrected chi connectivity index (χ0v) is 11.2. The third-order valence-electron chi connectivity index (χ3n) is 2.46. The van der Waals surface area contributed by atoms with E-state index in [2.05, 4.69) is 35.7 Å². The molecule has 0 bridgehead atoms. The van der Waals surface area contributed by atoms with Gasteiger partial charge < -0.3 is 9.72 Å². The molecule has 0 atom stereocenters. The van der Waals surface area contributed by atoms with E-state index < -0.39 is 6.36 Å². The van der Waals surface area contributed by atoms with Crippen LogP contribution >= 0.6 is 15.9 Å². The van der Waals surface area contributed by atoms with Crippen molar-refractivity contribution in [3.63, 3.8) is 0 Å². The van der Waals surface area contributed by atoms with Crippen molar-refractivity contribution in [1.82, 2.24) is 19.7 Å². The van der Waals surface area contributed by atoms with Gasteiger partial charge in [-0.2, -0.15) is 5.10 Å². The number of nitrogens with zero attached hydrogens (tertiary/aromatic N) is 3. The number of aromatic amines is 1. The van der Waals surface area contributed by atoms with Crippen molar-refractivity contribution in [2.45, 2.75) is 6.36 Å². The van der Waals surface area contributed by atoms with Crippen LogP contribution in [0.2, 0.25) is 0 Å². The van der Waals surface area contributed by atoms with E-state index in [0.29, 0.717) is 21.5 Å². The summed E-state index contributed by atoms with van der Waals surface area (Å²) in [5.41, 5.74) is 0.897. The van der Waals surface area contributed by atoms with Gasteiger partial charge in [0.1, 0.15) is 11.3 Å². The van der Waals surface area contributed by atoms with Crippen LogP contribution in [0.4, 0.5) is 13.2 Å². The lowest BCUT2D eigenvalue weighted by Crippen LogP contribution is -2.17. The maximum absolute atomic E-state index is 12.2. The molecule has 5 nitrogen and oxygen atoms in total. The molecule has 0 unspecified atom stereocenters. The Morgan fingerprint density at radius 2 is 2.10 bits per heavy atom. The minimum absolute atomic E-state index is 0.326. The molecule has 0 saturated heterocycles. The fraction of sp³-hybridized carbons (Fsp3) is 0.0909. The summed E-state index contributed by atoms with van der Waals surface area (Å²) in [7, 11) is 0. The molecule has 1 aromatic carbocycles. The van der Waals surface area contributed by atoms with Crippen molar-refractivity contribution in [2.24, 2.45) is 0 Å². The number of rotatable bonds is 2. The molecule has 0 spiro atoms. The van der Waals surface area contributed by atoms with Gasteiger partial charge in [-0.3, -0.25) is 0 Å². The second-order valence-electron chi connectivity index (χ2n) is 3.86. The van der Waals surface area contributed by atoms with Crippen LogP contribution in [0.15, 0.2) is 35.1 Å². The van der Waals surface area contributed by atoms with Gasteiger partial charge in [0.05, 0.1) is 5.52 Å². The Bertz CT molecular complexity index is 751. The van der Waals surface area contributed by atoms with E-state index in [1.165, 1.54) is 16.8 Å². The minimum atomic E-state index is -4.74. The number of halogens is 4. The largest absolute Gasteiger partial charge is 0.573 e. The van der Waals surface area contributed by atoms with E-state index >= 15 is 0 Å². The van der Waals surface area contributed by atoms with Gasteiger partial charge in [-0.05, 0) is 28.1 Å². The van der Waals surface area contributed by atoms with Crippen LogP contribution in [-0.4, -0.2) is 26.1 Å². The number of H-pyrrole nitrogens is 1. The second kappa shape index (κ2) is 4.51. The Morgan fingerprint density at radius 1 is 1.30 bits per heavy atom. The highest BCUT2D eigenvalue weighted by molar-refractivity contribution is 9.10. The molecule has 0 aliphatic rings. The van der Waals surface area contributed by atoms with E-state index in [-0.39, 0.29) is 5.75 Å². The summed E-state index contributed by atoms with van der Waals surface area (Å²) >= 11 is 3.17. The second-order valence-corrected chi connectivity index (χ2v) is 4.71. The number of ether oxygens (including phenoxy) is 1. The van der Waals surface area contributed by atoms with E-state index in [4.69, 9.17) is 0 Å². The first-order valence-corrected chi connectivity index (χ1v) is 6.17. The third-order valence-corrected chi connectivity index (χ3v) is 3.06. The lowest BCUT2D eigenvalue weighted by atomic mass is 10.3. The SMILES string of the molecule is FC(F)(F)Oc1cc(Br)c2nc(-n3cccn3)[nH]c2c1. The Kier molecular flexibility index (Phi) is 2.93. The predicted octanol–water partition coefficient (Wildman–Crippen LogP) is 3.41. The number of fused-ring (bicyclic) bond motifs is 1. The number of hydrogen-bond acceptors (Lipinski definition) is 3. The topological polar surface area (TPSA) is 55.7 Å². The van der Waals surface area contributed by atoms with Crippen molar-refractivity contribution < 1.29 is 17.9 Å². The summed E-state index contributed by atoms with van der Waals surface area (Å²) in [5, 5.41) is 3.99. The van der Waals surface area contributed by atoms with Gasteiger partial charge in [0.25, 0.3) is 0 Å². The van der Waals surface area contributed by atoms with Gasteiger partial charge in [-0.1, -0.05) is 0 Å². The molecular weight excluding hydrogens is 341 g/mol. The third kappa shape index (κ3) is 2.48. The lowest BCUT2D eigenvalue weighted by molar-refractivity contribution is -0.274. The fourth-order valence-corrected chi connectivity index (χ4v) is 2.26. The molecule has 3 rings (SSSR count). The maximum atomic E-state index is 12.2. The number of benzene rings is 1. The fourth-order valence-electron chi connectivity index (χ4n) is 1.73. The predicted molar refractivity (Wildman–Crippen MR) is 67.6 cm³/mol. The molecule has 9 heteroatoms. The van der Waals surface area contributed by atoms with E-state index in [1.54, 1.807) is 18.5 Å². The van der Waals surface area contributed by atoms with Gasteiger partial charge in [0, 0.05) is 22.9 Å². The highest BCUT2D eigenvalue weighted by Gasteiger charge is 2.31. The summed E-state index contributed by atoms with van der Waals surface area (Å²) in [6, 6.07) is 4.15. The highest BCUT2D eigenvalue weighted by Crippen LogP contribution is 2.31. The van der Waals surface area contributed by atoms with Crippen molar-refractivity contribution in [2.75, 3.05) is 0 Å². The number of imidazole rings is 1. The van der Waals surface area contributed by atoms with Crippen LogP contribution in [-0.2, 0) is 0 Å². The summed E-state index contributed by atoms with van der Waals surface area (Å²) in [6.07, 6.45) is -1.50. The number of alkyl halides is 3. The monoisotopic (exact) mass is 346 g/mol. The zero-order valence-electron chi connectivity index (χ0n) is 9.65. The average Bonchev–Trinajstić information content (AvgIpc) is 2.93. The van der Waals surface area contributed by atoms with Gasteiger partial charge >= 0.3 is 6.36 Å². The number of aromatic nitrogens is 4. The Balaban J connectivity index is 2.08. The Labute approximate surface area is 118 Å². The van der Waals surface area contributed by atoms with Crippen LogP contribution in [0, 0.1) is 0 Å². The Morgan fingerprint density at radius 3 is 2.75 bits per heavy atom. The van der Waals surface area contributed by atoms with Gasteiger partial charge in [0.2, 0.25) is 5.95 Å². The summed E-state index contributed by atoms with van der Waals surface area (Å²) in [4.78, 5) is 7.13. The van der Waals surface area contributed by atoms with Crippen molar-refractivity contribution in [3.05, 3.63) is 35.1 Å². The summed E-state index contributed by atoms with van der Waals surface area (Å²) < 4.78 is 42.4. The molecule has 104 valence electrons. The zero-order chi connectivity index (χ0) is 14.3. The quantitative estimate of drug-likeness (QED) is 0.773. The standard InChI is InChI=1S/C11H6BrF3N4O/c12-7-4-6(20-11(13,14)15)5-8-9(7)18-10(17-8)19-3-1-2-16-19/h1-5H,(H,17,18). The molecule has 0 fully saturated rings. The maximum Gasteiger partial charge on any atom is 0.573 e. The number of hydrogen-bond donors (Lipinski definition) is 1. The molecule has 0 saturated carbocycles. The summed E-state index contributed by atoms with van der Waals surface area (Å²) in [5.74, 6) is 0.0717. The normalized spacial score (nSPS) is 12.0. The molecular formula is C11H6BrF3N4O. The van der Waals surface area contributed by atoms with Crippen LogP contribution in [0.3, 0.4) is 0 Å². The van der Waals surface area contributed by atoms with E-state index in [1.807, 2.05) is 0 Å². The van der Waals surface area contributed by atoms with Crippen LogP contribution < -0.4 is 4.74 Å². The first-order valence-electron chi connectivity index (χ1n) is 5.37. The van der Waals surface area contributed by atoms with Gasteiger partial charge in [-0.15, -0.1) is 13.2 Å². The first kappa shape index (κ1) is 13.0. The molecule has 0 amide bonds. The smallest absolute Gasteiger partial charge is 0.406 e. The molecule has 20 heavy (non-hydrogen) atoms. The number of nitrogens with one attached hydrogen (secondary N) is 1. The van der Waals surface area contributed by atoms with Gasteiger partial charge in [-0.25, -0.2) is 9.67 Å². The van der Waals surface area contributed by atoms with Crippen molar-refractivity contribution >= 4 is 27.0 Å². The summed E-state index contributed by atoms with van der Waals surface area (Å²) in [6.45, 7) is 0. The molecule has 1 N–H and O–H groups in total. The highest BCUT2D eigenvalue weighted by atomic mass is 79.9. The van der Waals surface area contributed by atoms with Gasteiger partial charge in [0.15, 0.2) is 0 Å². The first-order chi connectivity index (χ1) is 9.42. The van der Waals surface area contributed by atoms with Crippen LogP contribution in [0.25, 0.3) is 17.0 Å². The molecule has 0 aliphatic carbocycles. The lowest BCUT2D eigenvalue weighted by Gasteiger charge is -2.08. The Hall–Kier alpha value is -2.03. The van der Waals surface area contributed by atoms with Crippen LogP contribution in [0.1, 0.15) is 0 Å². The molecule has 2 heterocycles. The molecule has 2 aromatic heterocycles. The van der Waals surface area contributed by atoms with E-state index in [0.717, 1.165) is 0 Å². The molecule has 3 aromatic rings. The molecule has 0 aliphatic heterocycles. The van der Waals surface area contributed by atoms with Crippen molar-refractivity contribution in [1.29, 1.82) is 0 Å². The average molecular weight is 347 g/mol. The molecule has 0 radical (unpaired) electrons.